The number of rotatable bonds is 7. The van der Waals surface area contributed by atoms with Crippen molar-refractivity contribution < 1.29 is 24.9 Å². The van der Waals surface area contributed by atoms with Gasteiger partial charge in [-0.1, -0.05) is 0 Å². The van der Waals surface area contributed by atoms with Crippen molar-refractivity contribution in [2.24, 2.45) is 0 Å². The Morgan fingerprint density at radius 1 is 1.29 bits per heavy atom. The van der Waals surface area contributed by atoms with Crippen LogP contribution in [0.5, 0.6) is 0 Å². The first-order chi connectivity index (χ1) is 8.05. The second-order valence-corrected chi connectivity index (χ2v) is 4.72. The van der Waals surface area contributed by atoms with E-state index in [0.717, 1.165) is 19.3 Å². The van der Waals surface area contributed by atoms with Crippen LogP contribution in [0, 0.1) is 0 Å². The average molecular weight is 247 g/mol. The fourth-order valence-electron chi connectivity index (χ4n) is 1.93. The molecule has 1 aliphatic carbocycles. The third kappa shape index (κ3) is 3.16. The van der Waals surface area contributed by atoms with E-state index in [4.69, 9.17) is 20.1 Å². The molecular formula is C11H21NO5. The molecule has 0 aromatic rings. The molecule has 0 saturated heterocycles. The van der Waals surface area contributed by atoms with Crippen LogP contribution in [0.4, 0.5) is 0 Å². The number of methoxy groups -OCH3 is 1. The molecule has 0 aliphatic heterocycles. The van der Waals surface area contributed by atoms with Crippen molar-refractivity contribution in [3.8, 4) is 0 Å². The van der Waals surface area contributed by atoms with Gasteiger partial charge >= 0.3 is 0 Å². The number of hydrogen-bond donors (Lipinski definition) is 4. The van der Waals surface area contributed by atoms with E-state index in [1.807, 2.05) is 0 Å². The van der Waals surface area contributed by atoms with Crippen molar-refractivity contribution in [1.29, 1.82) is 0 Å². The largest absolute Gasteiger partial charge is 0.394 e. The maximum Gasteiger partial charge on any atom is 0.223 e. The molecule has 0 unspecified atom stereocenters. The molecule has 6 nitrogen and oxygen atoms in total. The predicted octanol–water partition coefficient (Wildman–Crippen LogP) is -1.22. The molecule has 0 heterocycles. The number of aliphatic hydroxyl groups is 3. The quantitative estimate of drug-likeness (QED) is 0.452. The molecule has 1 amide bonds. The van der Waals surface area contributed by atoms with Gasteiger partial charge in [-0.2, -0.15) is 0 Å². The van der Waals surface area contributed by atoms with Crippen molar-refractivity contribution >= 4 is 5.91 Å². The van der Waals surface area contributed by atoms with Crippen LogP contribution < -0.4 is 5.32 Å². The van der Waals surface area contributed by atoms with Crippen LogP contribution >= 0.6 is 0 Å². The molecule has 0 radical (unpaired) electrons. The van der Waals surface area contributed by atoms with Gasteiger partial charge in [0.05, 0.1) is 31.8 Å². The number of carbonyl (C=O) groups excluding carboxylic acids is 1. The topological polar surface area (TPSA) is 99.0 Å². The standard InChI is InChI=1S/C11H21NO5/c1-17-11(3-2-4-11)5-9(16)12-10(6-13,7-14)8-15/h13-15H,2-8H2,1H3,(H,12,16). The molecule has 0 spiro atoms. The Morgan fingerprint density at radius 2 is 1.82 bits per heavy atom. The van der Waals surface area contributed by atoms with Gasteiger partial charge < -0.3 is 25.4 Å². The van der Waals surface area contributed by atoms with E-state index in [-0.39, 0.29) is 12.3 Å². The molecule has 4 N–H and O–H groups in total. The molecule has 17 heavy (non-hydrogen) atoms. The highest BCUT2D eigenvalue weighted by Crippen LogP contribution is 2.37. The maximum absolute atomic E-state index is 11.8. The van der Waals surface area contributed by atoms with E-state index < -0.39 is 31.0 Å². The van der Waals surface area contributed by atoms with Gasteiger partial charge in [-0.05, 0) is 19.3 Å². The minimum Gasteiger partial charge on any atom is -0.394 e. The Bertz CT molecular complexity index is 247. The third-order valence-corrected chi connectivity index (χ3v) is 3.49. The summed E-state index contributed by atoms with van der Waals surface area (Å²) in [6, 6.07) is 0. The summed E-state index contributed by atoms with van der Waals surface area (Å²) in [5, 5.41) is 29.7. The molecule has 1 aliphatic rings. The Morgan fingerprint density at radius 3 is 2.12 bits per heavy atom. The number of hydrogen-bond acceptors (Lipinski definition) is 5. The summed E-state index contributed by atoms with van der Waals surface area (Å²) >= 11 is 0. The van der Waals surface area contributed by atoms with Crippen LogP contribution in [-0.2, 0) is 9.53 Å². The molecular weight excluding hydrogens is 226 g/mol. The van der Waals surface area contributed by atoms with Gasteiger partial charge in [0.15, 0.2) is 0 Å². The molecule has 0 aromatic heterocycles. The lowest BCUT2D eigenvalue weighted by Crippen LogP contribution is -2.58. The normalized spacial score (nSPS) is 18.6. The number of ether oxygens (including phenoxy) is 1. The van der Waals surface area contributed by atoms with Crippen LogP contribution in [0.2, 0.25) is 0 Å². The summed E-state index contributed by atoms with van der Waals surface area (Å²) in [6.07, 6.45) is 2.89. The van der Waals surface area contributed by atoms with Crippen LogP contribution in [0.1, 0.15) is 25.7 Å². The zero-order chi connectivity index (χ0) is 12.9. The lowest BCUT2D eigenvalue weighted by atomic mass is 9.77. The number of amides is 1. The van der Waals surface area contributed by atoms with Gasteiger partial charge in [0.1, 0.15) is 5.54 Å². The minimum absolute atomic E-state index is 0.186. The highest BCUT2D eigenvalue weighted by molar-refractivity contribution is 5.78. The summed E-state index contributed by atoms with van der Waals surface area (Å²) < 4.78 is 5.31. The Hall–Kier alpha value is -0.690. The van der Waals surface area contributed by atoms with E-state index in [9.17, 15) is 4.79 Å². The number of nitrogens with one attached hydrogen (secondary N) is 1. The highest BCUT2D eigenvalue weighted by Gasteiger charge is 2.40. The summed E-state index contributed by atoms with van der Waals surface area (Å²) in [5.74, 6) is -0.330. The monoisotopic (exact) mass is 247 g/mol. The first-order valence-electron chi connectivity index (χ1n) is 5.74. The summed E-state index contributed by atoms with van der Waals surface area (Å²) in [4.78, 5) is 11.8. The van der Waals surface area contributed by atoms with Gasteiger partial charge in [-0.15, -0.1) is 0 Å². The summed E-state index contributed by atoms with van der Waals surface area (Å²) in [7, 11) is 1.57. The van der Waals surface area contributed by atoms with E-state index >= 15 is 0 Å². The number of aliphatic hydroxyl groups excluding tert-OH is 3. The van der Waals surface area contributed by atoms with Gasteiger partial charge in [-0.3, -0.25) is 4.79 Å². The van der Waals surface area contributed by atoms with Crippen molar-refractivity contribution in [2.75, 3.05) is 26.9 Å². The minimum atomic E-state index is -1.35. The third-order valence-electron chi connectivity index (χ3n) is 3.49. The summed E-state index contributed by atoms with van der Waals surface area (Å²) in [5.41, 5.74) is -1.76. The Balaban J connectivity index is 2.53. The van der Waals surface area contributed by atoms with Crippen LogP contribution in [-0.4, -0.2) is 59.3 Å². The maximum atomic E-state index is 11.8. The lowest BCUT2D eigenvalue weighted by molar-refractivity contribution is -0.138. The van der Waals surface area contributed by atoms with Crippen LogP contribution in [0.15, 0.2) is 0 Å². The zero-order valence-electron chi connectivity index (χ0n) is 10.1. The molecule has 1 rings (SSSR count). The summed E-state index contributed by atoms with van der Waals surface area (Å²) in [6.45, 7) is -1.52. The molecule has 100 valence electrons. The second kappa shape index (κ2) is 5.77. The fraction of sp³-hybridized carbons (Fsp3) is 0.909. The fourth-order valence-corrected chi connectivity index (χ4v) is 1.93. The molecule has 1 fully saturated rings. The molecule has 6 heteroatoms. The Kier molecular flexibility index (Phi) is 4.88. The van der Waals surface area contributed by atoms with Crippen LogP contribution in [0.25, 0.3) is 0 Å². The van der Waals surface area contributed by atoms with E-state index in [0.29, 0.717) is 0 Å². The second-order valence-electron chi connectivity index (χ2n) is 4.72. The molecule has 0 atom stereocenters. The van der Waals surface area contributed by atoms with E-state index in [2.05, 4.69) is 5.32 Å². The molecule has 1 saturated carbocycles. The molecule has 0 bridgehead atoms. The SMILES string of the molecule is COC1(CC(=O)NC(CO)(CO)CO)CCC1. The first kappa shape index (κ1) is 14.4. The lowest BCUT2D eigenvalue weighted by Gasteiger charge is -2.41. The van der Waals surface area contributed by atoms with Gasteiger partial charge in [0.2, 0.25) is 5.91 Å². The Labute approximate surface area is 101 Å². The van der Waals surface area contributed by atoms with Crippen molar-refractivity contribution in [2.45, 2.75) is 36.8 Å². The van der Waals surface area contributed by atoms with Crippen molar-refractivity contribution in [1.82, 2.24) is 5.32 Å². The van der Waals surface area contributed by atoms with Crippen molar-refractivity contribution in [3.05, 3.63) is 0 Å². The van der Waals surface area contributed by atoms with E-state index in [1.165, 1.54) is 0 Å². The van der Waals surface area contributed by atoms with Gasteiger partial charge in [-0.25, -0.2) is 0 Å². The van der Waals surface area contributed by atoms with Crippen LogP contribution in [0.3, 0.4) is 0 Å². The van der Waals surface area contributed by atoms with Crippen molar-refractivity contribution in [3.63, 3.8) is 0 Å². The average Bonchev–Trinajstić information content (AvgIpc) is 2.31. The zero-order valence-corrected chi connectivity index (χ0v) is 10.1. The number of carbonyl (C=O) groups is 1. The predicted molar refractivity (Wildman–Crippen MR) is 60.3 cm³/mol. The first-order valence-corrected chi connectivity index (χ1v) is 5.74. The van der Waals surface area contributed by atoms with E-state index in [1.54, 1.807) is 7.11 Å². The highest BCUT2D eigenvalue weighted by atomic mass is 16.5. The van der Waals surface area contributed by atoms with Gasteiger partial charge in [0, 0.05) is 7.11 Å². The van der Waals surface area contributed by atoms with Gasteiger partial charge in [0.25, 0.3) is 0 Å². The smallest absolute Gasteiger partial charge is 0.223 e. The molecule has 0 aromatic carbocycles.